The first kappa shape index (κ1) is 18.7. The van der Waals surface area contributed by atoms with Crippen LogP contribution < -0.4 is 9.46 Å². The minimum absolute atomic E-state index is 0.0275. The van der Waals surface area contributed by atoms with Gasteiger partial charge in [-0.15, -0.1) is 0 Å². The van der Waals surface area contributed by atoms with Gasteiger partial charge in [0.1, 0.15) is 10.6 Å². The number of nitrogens with one attached hydrogen (secondary N) is 1. The zero-order valence-corrected chi connectivity index (χ0v) is 16.5. The zero-order valence-electron chi connectivity index (χ0n) is 14.1. The maximum absolute atomic E-state index is 12.9. The van der Waals surface area contributed by atoms with Crippen LogP contribution in [-0.4, -0.2) is 26.6 Å². The SMILES string of the molecule is COc1ccc(Br)cc1S(=O)(=O)Nc1ccc2c(c1C(=O)O)CCCC2. The Labute approximate surface area is 160 Å². The van der Waals surface area contributed by atoms with Gasteiger partial charge in [-0.1, -0.05) is 22.0 Å². The molecule has 2 aromatic rings. The molecular formula is C18H18BrNO5S. The number of hydrogen-bond donors (Lipinski definition) is 2. The number of benzene rings is 2. The molecule has 6 nitrogen and oxygen atoms in total. The van der Waals surface area contributed by atoms with Crippen molar-refractivity contribution in [2.24, 2.45) is 0 Å². The fourth-order valence-electron chi connectivity index (χ4n) is 3.22. The Kier molecular flexibility index (Phi) is 5.24. The average Bonchev–Trinajstić information content (AvgIpc) is 2.60. The van der Waals surface area contributed by atoms with Crippen LogP contribution in [0.3, 0.4) is 0 Å². The van der Waals surface area contributed by atoms with Crippen molar-refractivity contribution in [3.05, 3.63) is 51.5 Å². The summed E-state index contributed by atoms with van der Waals surface area (Å²) in [6.07, 6.45) is 3.34. The van der Waals surface area contributed by atoms with Crippen LogP contribution in [0.4, 0.5) is 5.69 Å². The average molecular weight is 440 g/mol. The summed E-state index contributed by atoms with van der Waals surface area (Å²) in [7, 11) is -2.65. The zero-order chi connectivity index (χ0) is 18.9. The Bertz CT molecular complexity index is 972. The maximum atomic E-state index is 12.9. The molecule has 0 saturated carbocycles. The van der Waals surface area contributed by atoms with E-state index >= 15 is 0 Å². The van der Waals surface area contributed by atoms with E-state index in [2.05, 4.69) is 20.7 Å². The highest BCUT2D eigenvalue weighted by molar-refractivity contribution is 9.10. The van der Waals surface area contributed by atoms with E-state index in [0.717, 1.165) is 24.8 Å². The van der Waals surface area contributed by atoms with Crippen LogP contribution >= 0.6 is 15.9 Å². The van der Waals surface area contributed by atoms with Gasteiger partial charge in [-0.25, -0.2) is 13.2 Å². The summed E-state index contributed by atoms with van der Waals surface area (Å²) in [5.74, 6) is -0.960. The Morgan fingerprint density at radius 2 is 1.92 bits per heavy atom. The monoisotopic (exact) mass is 439 g/mol. The second-order valence-electron chi connectivity index (χ2n) is 6.04. The third-order valence-electron chi connectivity index (χ3n) is 4.41. The van der Waals surface area contributed by atoms with Crippen LogP contribution in [0.1, 0.15) is 34.3 Å². The molecule has 2 N–H and O–H groups in total. The van der Waals surface area contributed by atoms with Crippen molar-refractivity contribution < 1.29 is 23.1 Å². The first-order valence-corrected chi connectivity index (χ1v) is 10.4. The lowest BCUT2D eigenvalue weighted by Crippen LogP contribution is -2.19. The van der Waals surface area contributed by atoms with Crippen LogP contribution in [-0.2, 0) is 22.9 Å². The van der Waals surface area contributed by atoms with Crippen LogP contribution in [0.25, 0.3) is 0 Å². The molecule has 1 aliphatic rings. The summed E-state index contributed by atoms with van der Waals surface area (Å²) >= 11 is 3.25. The maximum Gasteiger partial charge on any atom is 0.338 e. The van der Waals surface area contributed by atoms with Gasteiger partial charge in [-0.3, -0.25) is 4.72 Å². The molecule has 0 heterocycles. The van der Waals surface area contributed by atoms with E-state index in [9.17, 15) is 18.3 Å². The number of aryl methyl sites for hydroxylation is 1. The number of methoxy groups -OCH3 is 1. The smallest absolute Gasteiger partial charge is 0.338 e. The van der Waals surface area contributed by atoms with Crippen molar-refractivity contribution in [3.8, 4) is 5.75 Å². The molecule has 0 fully saturated rings. The summed E-state index contributed by atoms with van der Waals surface area (Å²) in [5.41, 5.74) is 1.78. The van der Waals surface area contributed by atoms with Gasteiger partial charge in [0.05, 0.1) is 18.4 Å². The van der Waals surface area contributed by atoms with Crippen molar-refractivity contribution in [1.29, 1.82) is 0 Å². The molecule has 0 unspecified atom stereocenters. The molecule has 0 atom stereocenters. The number of sulfonamides is 1. The molecule has 0 spiro atoms. The summed E-state index contributed by atoms with van der Waals surface area (Å²) < 4.78 is 33.9. The van der Waals surface area contributed by atoms with Gasteiger partial charge in [-0.05, 0) is 61.1 Å². The predicted octanol–water partition coefficient (Wildman–Crippen LogP) is 3.84. The van der Waals surface area contributed by atoms with E-state index < -0.39 is 16.0 Å². The van der Waals surface area contributed by atoms with E-state index in [0.29, 0.717) is 16.5 Å². The minimum Gasteiger partial charge on any atom is -0.495 e. The Morgan fingerprint density at radius 3 is 2.62 bits per heavy atom. The first-order chi connectivity index (χ1) is 12.3. The van der Waals surface area contributed by atoms with Crippen LogP contribution in [0.5, 0.6) is 5.75 Å². The third kappa shape index (κ3) is 3.57. The summed E-state index contributed by atoms with van der Waals surface area (Å²) in [5, 5.41) is 9.67. The van der Waals surface area contributed by atoms with Crippen LogP contribution in [0.2, 0.25) is 0 Å². The number of carboxylic acid groups (broad SMARTS) is 1. The lowest BCUT2D eigenvalue weighted by atomic mass is 9.87. The molecule has 0 radical (unpaired) electrons. The normalized spacial score (nSPS) is 13.8. The molecule has 26 heavy (non-hydrogen) atoms. The molecule has 0 aromatic heterocycles. The van der Waals surface area contributed by atoms with Crippen molar-refractivity contribution in [1.82, 2.24) is 0 Å². The first-order valence-electron chi connectivity index (χ1n) is 8.08. The number of carbonyl (C=O) groups is 1. The Morgan fingerprint density at radius 1 is 1.19 bits per heavy atom. The van der Waals surface area contributed by atoms with Gasteiger partial charge < -0.3 is 9.84 Å². The van der Waals surface area contributed by atoms with Crippen molar-refractivity contribution in [2.45, 2.75) is 30.6 Å². The third-order valence-corrected chi connectivity index (χ3v) is 6.29. The van der Waals surface area contributed by atoms with Crippen LogP contribution in [0, 0.1) is 0 Å². The summed E-state index contributed by atoms with van der Waals surface area (Å²) in [6, 6.07) is 7.94. The van der Waals surface area contributed by atoms with E-state index in [1.54, 1.807) is 12.1 Å². The highest BCUT2D eigenvalue weighted by Crippen LogP contribution is 2.33. The fraction of sp³-hybridized carbons (Fsp3) is 0.278. The molecule has 0 aliphatic heterocycles. The Balaban J connectivity index is 2.09. The van der Waals surface area contributed by atoms with Gasteiger partial charge in [0.2, 0.25) is 0 Å². The molecule has 0 amide bonds. The molecule has 3 rings (SSSR count). The largest absolute Gasteiger partial charge is 0.495 e. The van der Waals surface area contributed by atoms with Crippen molar-refractivity contribution >= 4 is 37.6 Å². The standard InChI is InChI=1S/C18H18BrNO5S/c1-25-15-9-7-12(19)10-16(15)26(23,24)20-14-8-6-11-4-2-3-5-13(11)17(14)18(21)22/h6-10,20H,2-5H2,1H3,(H,21,22). The number of hydrogen-bond acceptors (Lipinski definition) is 4. The van der Waals surface area contributed by atoms with Gasteiger partial charge in [0.25, 0.3) is 10.0 Å². The lowest BCUT2D eigenvalue weighted by molar-refractivity contribution is 0.0696. The van der Waals surface area contributed by atoms with E-state index in [1.807, 2.05) is 0 Å². The number of ether oxygens (including phenoxy) is 1. The molecule has 8 heteroatoms. The van der Waals surface area contributed by atoms with Crippen molar-refractivity contribution in [2.75, 3.05) is 11.8 Å². The van der Waals surface area contributed by atoms with E-state index in [1.165, 1.54) is 25.3 Å². The van der Waals surface area contributed by atoms with Gasteiger partial charge in [0.15, 0.2) is 0 Å². The number of halogens is 1. The fourth-order valence-corrected chi connectivity index (χ4v) is 5.00. The number of rotatable bonds is 5. The number of aromatic carboxylic acids is 1. The highest BCUT2D eigenvalue weighted by atomic mass is 79.9. The predicted molar refractivity (Wildman–Crippen MR) is 102 cm³/mol. The summed E-state index contributed by atoms with van der Waals surface area (Å²) in [4.78, 5) is 11.8. The minimum atomic E-state index is -4.03. The number of fused-ring (bicyclic) bond motifs is 1. The lowest BCUT2D eigenvalue weighted by Gasteiger charge is -2.21. The quantitative estimate of drug-likeness (QED) is 0.737. The van der Waals surface area contributed by atoms with Crippen molar-refractivity contribution in [3.63, 3.8) is 0 Å². The molecule has 0 bridgehead atoms. The van der Waals surface area contributed by atoms with E-state index in [-0.39, 0.29) is 21.9 Å². The van der Waals surface area contributed by atoms with Gasteiger partial charge >= 0.3 is 5.97 Å². The molecule has 138 valence electrons. The molecular weight excluding hydrogens is 422 g/mol. The van der Waals surface area contributed by atoms with Gasteiger partial charge in [0, 0.05) is 4.47 Å². The second-order valence-corrected chi connectivity index (χ2v) is 8.61. The summed E-state index contributed by atoms with van der Waals surface area (Å²) in [6.45, 7) is 0. The van der Waals surface area contributed by atoms with E-state index in [4.69, 9.17) is 4.74 Å². The molecule has 2 aromatic carbocycles. The van der Waals surface area contributed by atoms with Gasteiger partial charge in [-0.2, -0.15) is 0 Å². The Hall–Kier alpha value is -2.06. The van der Waals surface area contributed by atoms with Crippen LogP contribution in [0.15, 0.2) is 39.7 Å². The molecule has 0 saturated heterocycles. The topological polar surface area (TPSA) is 92.7 Å². The number of carboxylic acids is 1. The number of anilines is 1. The second kappa shape index (κ2) is 7.28. The molecule has 1 aliphatic carbocycles. The highest BCUT2D eigenvalue weighted by Gasteiger charge is 2.26.